The number of halogens is 4. The van der Waals surface area contributed by atoms with Gasteiger partial charge in [-0.15, -0.1) is 0 Å². The maximum atomic E-state index is 14.5. The monoisotopic (exact) mass is 837 g/mol. The number of ether oxygens (including phenoxy) is 1. The number of nitrogens with one attached hydrogen (secondary N) is 3. The molecule has 284 valence electrons. The molecule has 17 heteroatoms. The summed E-state index contributed by atoms with van der Waals surface area (Å²) in [5, 5.41) is 6.19. The molecule has 1 aromatic heterocycles. The minimum atomic E-state index is -4.59. The highest BCUT2D eigenvalue weighted by Crippen LogP contribution is 2.47. The first-order valence-corrected chi connectivity index (χ1v) is 20.7. The number of alkyl halides is 3. The molecule has 0 unspecified atom stereocenters. The number of rotatable bonds is 7. The number of hydrogen-bond donors (Lipinski definition) is 3. The number of benzene rings is 2. The fourth-order valence-electron chi connectivity index (χ4n) is 7.00. The van der Waals surface area contributed by atoms with Crippen LogP contribution in [0.4, 0.5) is 18.9 Å². The van der Waals surface area contributed by atoms with E-state index in [0.29, 0.717) is 42.8 Å². The van der Waals surface area contributed by atoms with Gasteiger partial charge < -0.3 is 20.3 Å². The largest absolute Gasteiger partial charge is 0.465 e. The molecule has 2 aliphatic heterocycles. The first-order valence-electron chi connectivity index (χ1n) is 17.6. The predicted molar refractivity (Wildman–Crippen MR) is 197 cm³/mol. The zero-order chi connectivity index (χ0) is 37.8. The molecule has 5 atom stereocenters. The Morgan fingerprint density at radius 2 is 1.92 bits per heavy atom. The van der Waals surface area contributed by atoms with Gasteiger partial charge in [0, 0.05) is 22.5 Å². The van der Waals surface area contributed by atoms with Gasteiger partial charge in [-0.05, 0) is 81.8 Å². The third-order valence-corrected chi connectivity index (χ3v) is 14.2. The Hall–Kier alpha value is -3.70. The van der Waals surface area contributed by atoms with E-state index in [0.717, 1.165) is 27.7 Å². The van der Waals surface area contributed by atoms with E-state index in [9.17, 15) is 36.0 Å². The number of sulfonamides is 1. The molecule has 2 saturated carbocycles. The second-order valence-electron chi connectivity index (χ2n) is 14.6. The highest BCUT2D eigenvalue weighted by molar-refractivity contribution is 9.10. The summed E-state index contributed by atoms with van der Waals surface area (Å²) in [6.07, 6.45) is 2.47. The van der Waals surface area contributed by atoms with E-state index in [1.807, 2.05) is 30.4 Å². The van der Waals surface area contributed by atoms with E-state index in [1.54, 1.807) is 6.92 Å². The summed E-state index contributed by atoms with van der Waals surface area (Å²) in [7, 11) is -4.01. The Kier molecular flexibility index (Phi) is 10.1. The van der Waals surface area contributed by atoms with Crippen LogP contribution in [0.25, 0.3) is 10.2 Å². The van der Waals surface area contributed by atoms with E-state index in [4.69, 9.17) is 4.74 Å². The number of anilines is 1. The highest BCUT2D eigenvalue weighted by atomic mass is 79.9. The van der Waals surface area contributed by atoms with Crippen molar-refractivity contribution in [1.29, 1.82) is 0 Å². The number of amides is 3. The number of carbonyl (C=O) groups excluding carboxylic acids is 3. The second kappa shape index (κ2) is 14.2. The van der Waals surface area contributed by atoms with Crippen molar-refractivity contribution < 1.29 is 40.7 Å². The first-order chi connectivity index (χ1) is 25.1. The van der Waals surface area contributed by atoms with Crippen molar-refractivity contribution in [2.75, 3.05) is 11.9 Å². The van der Waals surface area contributed by atoms with Crippen molar-refractivity contribution in [3.05, 3.63) is 64.7 Å². The molecule has 0 spiro atoms. The predicted octanol–water partition coefficient (Wildman–Crippen LogP) is 6.30. The summed E-state index contributed by atoms with van der Waals surface area (Å²) in [5.74, 6) is -2.46. The average Bonchev–Trinajstić information content (AvgIpc) is 3.91. The highest BCUT2D eigenvalue weighted by Gasteiger charge is 2.63. The summed E-state index contributed by atoms with van der Waals surface area (Å²) in [6.45, 7) is 1.53. The van der Waals surface area contributed by atoms with Crippen LogP contribution in [-0.2, 0) is 30.6 Å². The Bertz CT molecular complexity index is 2070. The van der Waals surface area contributed by atoms with Gasteiger partial charge >= 0.3 is 6.18 Å². The van der Waals surface area contributed by atoms with Crippen molar-refractivity contribution in [3.63, 3.8) is 0 Å². The lowest BCUT2D eigenvalue weighted by Crippen LogP contribution is -2.58. The molecule has 3 aromatic rings. The third kappa shape index (κ3) is 7.93. The molecule has 3 amide bonds. The van der Waals surface area contributed by atoms with Gasteiger partial charge in [0.05, 0.1) is 27.1 Å². The molecule has 3 fully saturated rings. The normalized spacial score (nSPS) is 27.5. The Labute approximate surface area is 317 Å². The maximum Gasteiger partial charge on any atom is 0.416 e. The fraction of sp³-hybridized carbons (Fsp3) is 0.500. The van der Waals surface area contributed by atoms with Gasteiger partial charge in [-0.3, -0.25) is 19.1 Å². The lowest BCUT2D eigenvalue weighted by atomic mass is 10.0. The van der Waals surface area contributed by atoms with Crippen molar-refractivity contribution >= 4 is 70.9 Å². The van der Waals surface area contributed by atoms with E-state index in [-0.39, 0.29) is 31.5 Å². The van der Waals surface area contributed by atoms with Crippen molar-refractivity contribution in [2.24, 2.45) is 5.92 Å². The van der Waals surface area contributed by atoms with Crippen LogP contribution < -0.4 is 20.1 Å². The molecule has 2 aromatic carbocycles. The Morgan fingerprint density at radius 1 is 1.13 bits per heavy atom. The van der Waals surface area contributed by atoms with Crippen molar-refractivity contribution in [2.45, 2.75) is 99.4 Å². The standard InChI is InChI=1S/C36H39BrF3N5O6S2/c1-34(14-15-34)53(49,50)44-32(48)35-19-22(35)8-5-3-2-4-6-11-27(41-24-10-7-9-21(16-24)36(38,39)40)31(47)45-20-25(18-28(45)30(46)43-35)51-33-42-26-13-12-23(37)17-29(26)52-33/h5,7-10,12-13,16-17,22,25,27-28,41H,2-4,6,11,14-15,18-20H2,1H3,(H,43,46)(H,44,48)/t22-,25-,27+,28+,35-/m1/s1. The summed E-state index contributed by atoms with van der Waals surface area (Å²) in [5.41, 5.74) is -1.60. The Morgan fingerprint density at radius 3 is 2.68 bits per heavy atom. The van der Waals surface area contributed by atoms with Gasteiger partial charge in [0.25, 0.3) is 11.1 Å². The van der Waals surface area contributed by atoms with Gasteiger partial charge in [-0.2, -0.15) is 13.2 Å². The zero-order valence-electron chi connectivity index (χ0n) is 28.7. The number of hydrogen-bond acceptors (Lipinski definition) is 9. The van der Waals surface area contributed by atoms with E-state index < -0.39 is 73.9 Å². The summed E-state index contributed by atoms with van der Waals surface area (Å²) in [4.78, 5) is 48.5. The minimum absolute atomic E-state index is 0.0298. The molecule has 11 nitrogen and oxygen atoms in total. The number of nitrogens with zero attached hydrogens (tertiary/aromatic N) is 2. The van der Waals surface area contributed by atoms with E-state index in [2.05, 4.69) is 36.3 Å². The van der Waals surface area contributed by atoms with Crippen LogP contribution in [0.15, 0.2) is 59.1 Å². The van der Waals surface area contributed by atoms with Crippen LogP contribution in [-0.4, -0.2) is 71.0 Å². The molecule has 0 radical (unpaired) electrons. The molecule has 3 N–H and O–H groups in total. The van der Waals surface area contributed by atoms with E-state index >= 15 is 0 Å². The van der Waals surface area contributed by atoms with Crippen molar-refractivity contribution in [1.82, 2.24) is 19.9 Å². The van der Waals surface area contributed by atoms with Crippen LogP contribution in [0.2, 0.25) is 0 Å². The van der Waals surface area contributed by atoms with Crippen LogP contribution in [0.3, 0.4) is 0 Å². The van der Waals surface area contributed by atoms with Gasteiger partial charge in [0.2, 0.25) is 21.8 Å². The van der Waals surface area contributed by atoms with Crippen LogP contribution in [0.1, 0.15) is 70.3 Å². The quantitative estimate of drug-likeness (QED) is 0.235. The minimum Gasteiger partial charge on any atom is -0.465 e. The summed E-state index contributed by atoms with van der Waals surface area (Å²) >= 11 is 4.75. The van der Waals surface area contributed by atoms with Crippen LogP contribution in [0.5, 0.6) is 5.19 Å². The Balaban J connectivity index is 1.19. The molecule has 53 heavy (non-hydrogen) atoms. The van der Waals surface area contributed by atoms with Gasteiger partial charge in [-0.1, -0.05) is 58.3 Å². The number of allylic oxidation sites excluding steroid dienone is 1. The molecule has 1 saturated heterocycles. The SMILES string of the molecule is CC1(S(=O)(=O)NC(=O)[C@@]23C[C@H]2C=CCCCCC[C@H](Nc2cccc(C(F)(F)F)c2)C(=O)N2C[C@H](Oc4nc5ccc(Br)cc5s4)C[C@H]2C(=O)N3)CC1. The van der Waals surface area contributed by atoms with Gasteiger partial charge in [0.1, 0.15) is 23.7 Å². The molecular formula is C36H39BrF3N5O6S2. The third-order valence-electron chi connectivity index (χ3n) is 10.6. The van der Waals surface area contributed by atoms with Gasteiger partial charge in [-0.25, -0.2) is 13.4 Å². The smallest absolute Gasteiger partial charge is 0.416 e. The average molecular weight is 839 g/mol. The maximum absolute atomic E-state index is 14.5. The number of aromatic nitrogens is 1. The number of thiazole rings is 1. The molecular weight excluding hydrogens is 799 g/mol. The molecule has 2 aliphatic carbocycles. The molecule has 4 aliphatic rings. The molecule has 3 heterocycles. The number of fused-ring (bicyclic) bond motifs is 3. The summed E-state index contributed by atoms with van der Waals surface area (Å²) in [6, 6.07) is 8.08. The van der Waals surface area contributed by atoms with Crippen LogP contribution >= 0.6 is 27.3 Å². The first kappa shape index (κ1) is 37.6. The van der Waals surface area contributed by atoms with Gasteiger partial charge in [0.15, 0.2) is 0 Å². The van der Waals surface area contributed by atoms with E-state index in [1.165, 1.54) is 28.4 Å². The van der Waals surface area contributed by atoms with Crippen molar-refractivity contribution in [3.8, 4) is 5.19 Å². The second-order valence-corrected chi connectivity index (χ2v) is 18.7. The molecule has 0 bridgehead atoms. The topological polar surface area (TPSA) is 147 Å². The fourth-order valence-corrected chi connectivity index (χ4v) is 9.75. The van der Waals surface area contributed by atoms with Crippen LogP contribution in [0, 0.1) is 5.92 Å². The molecule has 7 rings (SSSR count). The lowest BCUT2D eigenvalue weighted by molar-refractivity contribution is -0.140. The zero-order valence-corrected chi connectivity index (χ0v) is 32.0. The summed E-state index contributed by atoms with van der Waals surface area (Å²) < 4.78 is 76.1. The lowest BCUT2D eigenvalue weighted by Gasteiger charge is -2.30. The number of carbonyl (C=O) groups is 3.